The Morgan fingerprint density at radius 3 is 2.54 bits per heavy atom. The molecule has 0 aliphatic carbocycles. The number of fused-ring (bicyclic) bond motifs is 1. The number of nitrogens with one attached hydrogen (secondary N) is 1. The van der Waals surface area contributed by atoms with E-state index in [-0.39, 0.29) is 12.5 Å². The summed E-state index contributed by atoms with van der Waals surface area (Å²) in [6.45, 7) is 2.12. The highest BCUT2D eigenvalue weighted by Gasteiger charge is 2.17. The predicted molar refractivity (Wildman–Crippen MR) is 115 cm³/mol. The van der Waals surface area contributed by atoms with Crippen molar-refractivity contribution >= 4 is 45.8 Å². The second kappa shape index (κ2) is 7.66. The number of aromatic nitrogens is 2. The first kappa shape index (κ1) is 18.5. The molecule has 0 bridgehead atoms. The molecular formula is C22H17Cl2N3O. The molecule has 0 aliphatic rings. The monoisotopic (exact) mass is 409 g/mol. The van der Waals surface area contributed by atoms with E-state index in [2.05, 4.69) is 5.32 Å². The molecule has 4 aromatic rings. The standard InChI is InChI=1S/C22H17Cl2N3O/c1-14-6-9-16(10-7-14)25-21(28)13-27-20-5-3-2-4-19(20)26-22(27)17-11-8-15(23)12-18(17)24/h2-12H,13H2,1H3,(H,25,28). The van der Waals surface area contributed by atoms with E-state index in [1.54, 1.807) is 12.1 Å². The molecule has 1 N–H and O–H groups in total. The van der Waals surface area contributed by atoms with Gasteiger partial charge in [0, 0.05) is 16.3 Å². The number of imidazole rings is 1. The fourth-order valence-corrected chi connectivity index (χ4v) is 3.59. The van der Waals surface area contributed by atoms with Crippen LogP contribution in [-0.4, -0.2) is 15.5 Å². The van der Waals surface area contributed by atoms with Crippen molar-refractivity contribution < 1.29 is 4.79 Å². The Labute approximate surface area is 172 Å². The number of benzene rings is 3. The van der Waals surface area contributed by atoms with E-state index in [4.69, 9.17) is 28.2 Å². The summed E-state index contributed by atoms with van der Waals surface area (Å²) in [5.41, 5.74) is 4.28. The molecule has 0 fully saturated rings. The Bertz CT molecular complexity index is 1170. The van der Waals surface area contributed by atoms with E-state index in [0.29, 0.717) is 15.9 Å². The lowest BCUT2D eigenvalue weighted by Crippen LogP contribution is -2.19. The van der Waals surface area contributed by atoms with Crippen LogP contribution in [0.4, 0.5) is 5.69 Å². The van der Waals surface area contributed by atoms with E-state index in [9.17, 15) is 4.79 Å². The number of hydrogen-bond donors (Lipinski definition) is 1. The average molecular weight is 410 g/mol. The zero-order chi connectivity index (χ0) is 19.7. The molecule has 6 heteroatoms. The van der Waals surface area contributed by atoms with Crippen LogP contribution in [0.2, 0.25) is 10.0 Å². The van der Waals surface area contributed by atoms with E-state index in [1.165, 1.54) is 0 Å². The number of carbonyl (C=O) groups excluding carboxylic acids is 1. The number of halogens is 2. The summed E-state index contributed by atoms with van der Waals surface area (Å²) in [5, 5.41) is 3.97. The van der Waals surface area contributed by atoms with Crippen molar-refractivity contribution in [1.82, 2.24) is 9.55 Å². The van der Waals surface area contributed by atoms with Gasteiger partial charge in [0.2, 0.25) is 5.91 Å². The average Bonchev–Trinajstić information content (AvgIpc) is 3.02. The molecule has 0 atom stereocenters. The van der Waals surface area contributed by atoms with Gasteiger partial charge in [-0.05, 0) is 49.4 Å². The molecule has 1 heterocycles. The second-order valence-corrected chi connectivity index (χ2v) is 7.39. The summed E-state index contributed by atoms with van der Waals surface area (Å²) in [7, 11) is 0. The third-order valence-corrected chi connectivity index (χ3v) is 5.01. The molecule has 0 spiro atoms. The minimum Gasteiger partial charge on any atom is -0.325 e. The van der Waals surface area contributed by atoms with Gasteiger partial charge in [0.25, 0.3) is 0 Å². The first-order valence-electron chi connectivity index (χ1n) is 8.78. The first-order chi connectivity index (χ1) is 13.5. The van der Waals surface area contributed by atoms with Crippen molar-refractivity contribution in [2.45, 2.75) is 13.5 Å². The molecule has 1 amide bonds. The van der Waals surface area contributed by atoms with Gasteiger partial charge >= 0.3 is 0 Å². The summed E-state index contributed by atoms with van der Waals surface area (Å²) < 4.78 is 1.87. The topological polar surface area (TPSA) is 46.9 Å². The van der Waals surface area contributed by atoms with Gasteiger partial charge < -0.3 is 9.88 Å². The molecule has 0 radical (unpaired) electrons. The molecule has 1 aromatic heterocycles. The van der Waals surface area contributed by atoms with Crippen LogP contribution >= 0.6 is 23.2 Å². The van der Waals surface area contributed by atoms with Crippen LogP contribution in [-0.2, 0) is 11.3 Å². The highest BCUT2D eigenvalue weighted by atomic mass is 35.5. The maximum absolute atomic E-state index is 12.7. The van der Waals surface area contributed by atoms with Crippen LogP contribution in [0, 0.1) is 6.92 Å². The van der Waals surface area contributed by atoms with Crippen LogP contribution in [0.5, 0.6) is 0 Å². The minimum absolute atomic E-state index is 0.114. The smallest absolute Gasteiger partial charge is 0.244 e. The molecule has 28 heavy (non-hydrogen) atoms. The van der Waals surface area contributed by atoms with Crippen molar-refractivity contribution in [2.75, 3.05) is 5.32 Å². The zero-order valence-electron chi connectivity index (χ0n) is 15.1. The fraction of sp³-hybridized carbons (Fsp3) is 0.0909. The first-order valence-corrected chi connectivity index (χ1v) is 9.54. The van der Waals surface area contributed by atoms with Crippen LogP contribution in [0.15, 0.2) is 66.7 Å². The molecule has 3 aromatic carbocycles. The lowest BCUT2D eigenvalue weighted by Gasteiger charge is -2.11. The second-order valence-electron chi connectivity index (χ2n) is 6.55. The van der Waals surface area contributed by atoms with E-state index in [0.717, 1.165) is 27.8 Å². The van der Waals surface area contributed by atoms with Gasteiger partial charge in [-0.1, -0.05) is 53.0 Å². The van der Waals surface area contributed by atoms with Crippen LogP contribution in [0.25, 0.3) is 22.4 Å². The number of carbonyl (C=O) groups is 1. The summed E-state index contributed by atoms with van der Waals surface area (Å²) in [4.78, 5) is 17.4. The van der Waals surface area contributed by atoms with E-state index < -0.39 is 0 Å². The largest absolute Gasteiger partial charge is 0.325 e. The van der Waals surface area contributed by atoms with E-state index in [1.807, 2.05) is 66.1 Å². The number of anilines is 1. The highest BCUT2D eigenvalue weighted by molar-refractivity contribution is 6.36. The van der Waals surface area contributed by atoms with Crippen molar-refractivity contribution in [3.63, 3.8) is 0 Å². The zero-order valence-corrected chi connectivity index (χ0v) is 16.6. The predicted octanol–water partition coefficient (Wildman–Crippen LogP) is 5.96. The lowest BCUT2D eigenvalue weighted by atomic mass is 10.2. The number of amides is 1. The normalized spacial score (nSPS) is 11.0. The van der Waals surface area contributed by atoms with Gasteiger partial charge in [0.1, 0.15) is 12.4 Å². The van der Waals surface area contributed by atoms with Crippen molar-refractivity contribution in [3.8, 4) is 11.4 Å². The SMILES string of the molecule is Cc1ccc(NC(=O)Cn2c(-c3ccc(Cl)cc3Cl)nc3ccccc32)cc1. The van der Waals surface area contributed by atoms with Gasteiger partial charge in [-0.25, -0.2) is 4.98 Å². The Balaban J connectivity index is 1.72. The maximum atomic E-state index is 12.7. The number of nitrogens with zero attached hydrogens (tertiary/aromatic N) is 2. The molecule has 0 unspecified atom stereocenters. The van der Waals surface area contributed by atoms with E-state index >= 15 is 0 Å². The Morgan fingerprint density at radius 2 is 1.79 bits per heavy atom. The number of para-hydroxylation sites is 2. The number of aryl methyl sites for hydroxylation is 1. The highest BCUT2D eigenvalue weighted by Crippen LogP contribution is 2.32. The van der Waals surface area contributed by atoms with Gasteiger partial charge in [-0.15, -0.1) is 0 Å². The van der Waals surface area contributed by atoms with Crippen molar-refractivity contribution in [3.05, 3.63) is 82.3 Å². The molecule has 4 rings (SSSR count). The van der Waals surface area contributed by atoms with Gasteiger partial charge in [-0.2, -0.15) is 0 Å². The summed E-state index contributed by atoms with van der Waals surface area (Å²) in [5.74, 6) is 0.486. The van der Waals surface area contributed by atoms with Gasteiger partial charge in [0.05, 0.1) is 16.1 Å². The minimum atomic E-state index is -0.140. The molecule has 0 saturated heterocycles. The fourth-order valence-electron chi connectivity index (χ4n) is 3.09. The molecule has 0 aliphatic heterocycles. The van der Waals surface area contributed by atoms with Crippen LogP contribution in [0.3, 0.4) is 0 Å². The molecule has 140 valence electrons. The van der Waals surface area contributed by atoms with Crippen molar-refractivity contribution in [1.29, 1.82) is 0 Å². The quantitative estimate of drug-likeness (QED) is 0.452. The third kappa shape index (κ3) is 3.75. The van der Waals surface area contributed by atoms with Crippen molar-refractivity contribution in [2.24, 2.45) is 0 Å². The summed E-state index contributed by atoms with van der Waals surface area (Å²) in [6, 6.07) is 20.6. The molecule has 0 saturated carbocycles. The number of hydrogen-bond acceptors (Lipinski definition) is 2. The maximum Gasteiger partial charge on any atom is 0.244 e. The van der Waals surface area contributed by atoms with Crippen LogP contribution < -0.4 is 5.32 Å². The van der Waals surface area contributed by atoms with Gasteiger partial charge in [0.15, 0.2) is 0 Å². The Kier molecular flexibility index (Phi) is 5.07. The summed E-state index contributed by atoms with van der Waals surface area (Å²) >= 11 is 12.4. The number of rotatable bonds is 4. The third-order valence-electron chi connectivity index (χ3n) is 4.46. The molecule has 4 nitrogen and oxygen atoms in total. The molecular weight excluding hydrogens is 393 g/mol. The Morgan fingerprint density at radius 1 is 1.04 bits per heavy atom. The lowest BCUT2D eigenvalue weighted by molar-refractivity contribution is -0.116. The Hall–Kier alpha value is -2.82. The van der Waals surface area contributed by atoms with Crippen LogP contribution in [0.1, 0.15) is 5.56 Å². The summed E-state index contributed by atoms with van der Waals surface area (Å²) in [6.07, 6.45) is 0. The van der Waals surface area contributed by atoms with Gasteiger partial charge in [-0.3, -0.25) is 4.79 Å².